The first kappa shape index (κ1) is 14.1. The van der Waals surface area contributed by atoms with Gasteiger partial charge in [-0.15, -0.1) is 0 Å². The molecule has 0 fully saturated rings. The van der Waals surface area contributed by atoms with Gasteiger partial charge >= 0.3 is 0 Å². The Hall–Kier alpha value is -2.29. The lowest BCUT2D eigenvalue weighted by Gasteiger charge is -2.10. The van der Waals surface area contributed by atoms with Gasteiger partial charge in [0.15, 0.2) is 0 Å². The maximum absolute atomic E-state index is 12.0. The summed E-state index contributed by atoms with van der Waals surface area (Å²) in [6, 6.07) is 18.2. The third-order valence-electron chi connectivity index (χ3n) is 2.78. The van der Waals surface area contributed by atoms with E-state index >= 15 is 0 Å². The number of carbonyl (C=O) groups excluding carboxylic acids is 1. The summed E-state index contributed by atoms with van der Waals surface area (Å²) < 4.78 is 0. The molecule has 1 amide bonds. The minimum Gasteiger partial charge on any atom is -0.355 e. The molecule has 0 unspecified atom stereocenters. The molecule has 0 aliphatic carbocycles. The van der Waals surface area contributed by atoms with E-state index in [9.17, 15) is 4.79 Å². The first-order valence-electron chi connectivity index (χ1n) is 6.76. The van der Waals surface area contributed by atoms with E-state index in [0.717, 1.165) is 11.4 Å². The Bertz CT molecular complexity index is 564. The van der Waals surface area contributed by atoms with Crippen molar-refractivity contribution >= 4 is 17.3 Å². The number of amides is 1. The lowest BCUT2D eigenvalue weighted by Crippen LogP contribution is -2.27. The largest absolute Gasteiger partial charge is 0.355 e. The Balaban J connectivity index is 2.06. The van der Waals surface area contributed by atoms with E-state index in [1.54, 1.807) is 6.07 Å². The second-order valence-corrected chi connectivity index (χ2v) is 5.11. The first-order chi connectivity index (χ1) is 9.65. The molecular formula is C17H19N2O. The highest BCUT2D eigenvalue weighted by Crippen LogP contribution is 2.17. The minimum atomic E-state index is -0.0633. The Morgan fingerprint density at radius 2 is 1.90 bits per heavy atom. The fourth-order valence-electron chi connectivity index (χ4n) is 1.76. The van der Waals surface area contributed by atoms with Crippen LogP contribution >= 0.6 is 0 Å². The van der Waals surface area contributed by atoms with Crippen molar-refractivity contribution in [3.05, 3.63) is 60.2 Å². The van der Waals surface area contributed by atoms with Crippen molar-refractivity contribution in [2.24, 2.45) is 5.92 Å². The molecular weight excluding hydrogens is 248 g/mol. The molecule has 20 heavy (non-hydrogen) atoms. The number of hydrogen-bond acceptors (Lipinski definition) is 2. The normalized spacial score (nSPS) is 10.3. The molecule has 0 saturated carbocycles. The Morgan fingerprint density at radius 1 is 1.15 bits per heavy atom. The second kappa shape index (κ2) is 6.75. The molecule has 0 spiro atoms. The van der Waals surface area contributed by atoms with E-state index < -0.39 is 0 Å². The average Bonchev–Trinajstić information content (AvgIpc) is 2.46. The number of nitrogens with one attached hydrogen (secondary N) is 2. The highest BCUT2D eigenvalue weighted by atomic mass is 16.1. The van der Waals surface area contributed by atoms with Crippen molar-refractivity contribution in [3.8, 4) is 0 Å². The molecule has 1 radical (unpaired) electrons. The number of hydrogen-bond donors (Lipinski definition) is 2. The van der Waals surface area contributed by atoms with Gasteiger partial charge in [0.05, 0.1) is 0 Å². The van der Waals surface area contributed by atoms with Crippen LogP contribution in [0.2, 0.25) is 0 Å². The van der Waals surface area contributed by atoms with E-state index in [1.807, 2.05) is 42.5 Å². The molecule has 2 N–H and O–H groups in total. The van der Waals surface area contributed by atoms with E-state index in [-0.39, 0.29) is 5.91 Å². The lowest BCUT2D eigenvalue weighted by molar-refractivity contribution is 0.0949. The van der Waals surface area contributed by atoms with Gasteiger partial charge in [0.25, 0.3) is 5.91 Å². The number of rotatable bonds is 5. The Kier molecular flexibility index (Phi) is 4.77. The SMILES string of the molecule is CC(C)CNC(=O)c1c[c]cc(Nc2ccccc2)c1. The molecule has 3 nitrogen and oxygen atoms in total. The topological polar surface area (TPSA) is 41.1 Å². The monoisotopic (exact) mass is 267 g/mol. The van der Waals surface area contributed by atoms with Crippen LogP contribution in [-0.2, 0) is 0 Å². The predicted octanol–water partition coefficient (Wildman–Crippen LogP) is 3.62. The number of para-hydroxylation sites is 1. The summed E-state index contributed by atoms with van der Waals surface area (Å²) in [7, 11) is 0. The molecule has 0 heterocycles. The third kappa shape index (κ3) is 4.12. The molecule has 103 valence electrons. The zero-order valence-corrected chi connectivity index (χ0v) is 11.8. The van der Waals surface area contributed by atoms with Crippen molar-refractivity contribution < 1.29 is 4.79 Å². The summed E-state index contributed by atoms with van der Waals surface area (Å²) >= 11 is 0. The van der Waals surface area contributed by atoms with Gasteiger partial charge in [-0.3, -0.25) is 4.79 Å². The fraction of sp³-hybridized carbons (Fsp3) is 0.235. The summed E-state index contributed by atoms with van der Waals surface area (Å²) in [6.45, 7) is 4.81. The van der Waals surface area contributed by atoms with E-state index in [4.69, 9.17) is 0 Å². The molecule has 2 aromatic rings. The molecule has 0 aliphatic rings. The van der Waals surface area contributed by atoms with Gasteiger partial charge < -0.3 is 10.6 Å². The molecule has 0 aliphatic heterocycles. The molecule has 3 heteroatoms. The summed E-state index contributed by atoms with van der Waals surface area (Å²) in [6.07, 6.45) is 0. The molecule has 0 aromatic heterocycles. The predicted molar refractivity (Wildman–Crippen MR) is 82.2 cm³/mol. The second-order valence-electron chi connectivity index (χ2n) is 5.11. The van der Waals surface area contributed by atoms with Gasteiger partial charge in [0.1, 0.15) is 0 Å². The van der Waals surface area contributed by atoms with Gasteiger partial charge in [0, 0.05) is 23.5 Å². The number of carbonyl (C=O) groups is 1. The maximum atomic E-state index is 12.0. The van der Waals surface area contributed by atoms with Gasteiger partial charge in [-0.25, -0.2) is 0 Å². The summed E-state index contributed by atoms with van der Waals surface area (Å²) in [5, 5.41) is 6.16. The molecule has 0 saturated heterocycles. The summed E-state index contributed by atoms with van der Waals surface area (Å²) in [5.41, 5.74) is 2.46. The zero-order chi connectivity index (χ0) is 14.4. The van der Waals surface area contributed by atoms with E-state index in [2.05, 4.69) is 30.5 Å². The van der Waals surface area contributed by atoms with Crippen molar-refractivity contribution in [1.29, 1.82) is 0 Å². The van der Waals surface area contributed by atoms with Gasteiger partial charge in [0.2, 0.25) is 0 Å². The van der Waals surface area contributed by atoms with Crippen LogP contribution in [0.25, 0.3) is 0 Å². The van der Waals surface area contributed by atoms with Crippen molar-refractivity contribution in [3.63, 3.8) is 0 Å². The van der Waals surface area contributed by atoms with Crippen LogP contribution < -0.4 is 10.6 Å². The van der Waals surface area contributed by atoms with Gasteiger partial charge in [-0.05, 0) is 42.3 Å². The van der Waals surface area contributed by atoms with Crippen molar-refractivity contribution in [1.82, 2.24) is 5.32 Å². The van der Waals surface area contributed by atoms with Gasteiger partial charge in [-0.2, -0.15) is 0 Å². The van der Waals surface area contributed by atoms with Crippen LogP contribution in [0, 0.1) is 12.0 Å². The highest BCUT2D eigenvalue weighted by molar-refractivity contribution is 5.95. The van der Waals surface area contributed by atoms with Crippen LogP contribution in [-0.4, -0.2) is 12.5 Å². The van der Waals surface area contributed by atoms with Crippen molar-refractivity contribution in [2.45, 2.75) is 13.8 Å². The lowest BCUT2D eigenvalue weighted by atomic mass is 10.1. The summed E-state index contributed by atoms with van der Waals surface area (Å²) in [4.78, 5) is 12.0. The summed E-state index contributed by atoms with van der Waals surface area (Å²) in [5.74, 6) is 0.375. The van der Waals surface area contributed by atoms with Crippen molar-refractivity contribution in [2.75, 3.05) is 11.9 Å². The quantitative estimate of drug-likeness (QED) is 0.868. The Morgan fingerprint density at radius 3 is 2.60 bits per heavy atom. The van der Waals surface area contributed by atoms with Crippen LogP contribution in [0.3, 0.4) is 0 Å². The standard InChI is InChI=1S/C17H19N2O/c1-13(2)12-18-17(20)14-7-6-10-16(11-14)19-15-8-4-3-5-9-15/h3-5,7-11,13,19H,12H2,1-2H3,(H,18,20). The maximum Gasteiger partial charge on any atom is 0.251 e. The third-order valence-corrected chi connectivity index (χ3v) is 2.78. The minimum absolute atomic E-state index is 0.0633. The van der Waals surface area contributed by atoms with Crippen LogP contribution in [0.1, 0.15) is 24.2 Å². The number of anilines is 2. The van der Waals surface area contributed by atoms with Crippen LogP contribution in [0.5, 0.6) is 0 Å². The number of benzene rings is 2. The Labute approximate surface area is 120 Å². The van der Waals surface area contributed by atoms with E-state index in [1.165, 1.54) is 0 Å². The first-order valence-corrected chi connectivity index (χ1v) is 6.76. The van der Waals surface area contributed by atoms with E-state index in [0.29, 0.717) is 18.0 Å². The highest BCUT2D eigenvalue weighted by Gasteiger charge is 2.06. The molecule has 2 aromatic carbocycles. The fourth-order valence-corrected chi connectivity index (χ4v) is 1.76. The molecule has 0 atom stereocenters. The zero-order valence-electron chi connectivity index (χ0n) is 11.8. The molecule has 0 bridgehead atoms. The molecule has 2 rings (SSSR count). The smallest absolute Gasteiger partial charge is 0.251 e. The van der Waals surface area contributed by atoms with Crippen LogP contribution in [0.15, 0.2) is 48.5 Å². The van der Waals surface area contributed by atoms with Gasteiger partial charge in [-0.1, -0.05) is 32.0 Å². The van der Waals surface area contributed by atoms with Crippen LogP contribution in [0.4, 0.5) is 11.4 Å². The average molecular weight is 267 g/mol.